The number of nitrogens with zero attached hydrogens (tertiary/aromatic N) is 5. The molecular weight excluding hydrogens is 426 g/mol. The molecule has 6 rings (SSSR count). The van der Waals surface area contributed by atoms with Gasteiger partial charge in [-0.2, -0.15) is 5.10 Å². The third kappa shape index (κ3) is 4.20. The fourth-order valence-corrected chi connectivity index (χ4v) is 5.44. The van der Waals surface area contributed by atoms with Gasteiger partial charge in [-0.05, 0) is 61.4 Å². The minimum atomic E-state index is 0.0665. The van der Waals surface area contributed by atoms with E-state index in [9.17, 15) is 4.79 Å². The summed E-state index contributed by atoms with van der Waals surface area (Å²) >= 11 is 0. The SMILES string of the molecule is O=C(C1CCN(c2ccc(-c3cnn(C4CCCCO4)c3)cc2)CC1)N1Cc2cccnc2C1. The van der Waals surface area contributed by atoms with E-state index in [0.29, 0.717) is 13.1 Å². The molecule has 1 amide bonds. The molecule has 0 saturated carbocycles. The Morgan fingerprint density at radius 2 is 1.82 bits per heavy atom. The lowest BCUT2D eigenvalue weighted by atomic mass is 9.94. The molecule has 0 bridgehead atoms. The van der Waals surface area contributed by atoms with Gasteiger partial charge in [0.15, 0.2) is 0 Å². The van der Waals surface area contributed by atoms with Crippen LogP contribution in [0.1, 0.15) is 49.6 Å². The van der Waals surface area contributed by atoms with Gasteiger partial charge in [0, 0.05) is 55.8 Å². The van der Waals surface area contributed by atoms with Crippen LogP contribution in [0.15, 0.2) is 55.0 Å². The maximum absolute atomic E-state index is 13.1. The van der Waals surface area contributed by atoms with Crippen molar-refractivity contribution in [2.24, 2.45) is 5.92 Å². The molecule has 7 nitrogen and oxygen atoms in total. The van der Waals surface area contributed by atoms with Gasteiger partial charge in [-0.15, -0.1) is 0 Å². The Kier molecular flexibility index (Phi) is 5.79. The topological polar surface area (TPSA) is 63.5 Å². The van der Waals surface area contributed by atoms with E-state index in [0.717, 1.165) is 62.2 Å². The van der Waals surface area contributed by atoms with Crippen molar-refractivity contribution >= 4 is 11.6 Å². The van der Waals surface area contributed by atoms with Gasteiger partial charge in [-0.1, -0.05) is 18.2 Å². The summed E-state index contributed by atoms with van der Waals surface area (Å²) in [6.45, 7) is 3.99. The van der Waals surface area contributed by atoms with Crippen LogP contribution >= 0.6 is 0 Å². The van der Waals surface area contributed by atoms with Crippen LogP contribution in [0.25, 0.3) is 11.1 Å². The summed E-state index contributed by atoms with van der Waals surface area (Å²) in [6.07, 6.45) is 11.1. The number of amides is 1. The van der Waals surface area contributed by atoms with Crippen LogP contribution < -0.4 is 4.90 Å². The lowest BCUT2D eigenvalue weighted by Gasteiger charge is -2.34. The number of ether oxygens (including phenoxy) is 1. The molecule has 5 heterocycles. The maximum Gasteiger partial charge on any atom is 0.226 e. The van der Waals surface area contributed by atoms with Crippen LogP contribution in [0, 0.1) is 5.92 Å². The van der Waals surface area contributed by atoms with Crippen LogP contribution in [0.3, 0.4) is 0 Å². The number of rotatable bonds is 4. The number of aromatic nitrogens is 3. The van der Waals surface area contributed by atoms with Gasteiger partial charge in [0.05, 0.1) is 18.4 Å². The van der Waals surface area contributed by atoms with Gasteiger partial charge in [0.25, 0.3) is 0 Å². The molecule has 1 aromatic carbocycles. The van der Waals surface area contributed by atoms with Crippen molar-refractivity contribution in [3.8, 4) is 11.1 Å². The van der Waals surface area contributed by atoms with Gasteiger partial charge in [-0.25, -0.2) is 4.68 Å². The summed E-state index contributed by atoms with van der Waals surface area (Å²) in [6, 6.07) is 12.8. The molecule has 176 valence electrons. The Morgan fingerprint density at radius 1 is 0.971 bits per heavy atom. The van der Waals surface area contributed by atoms with Gasteiger partial charge in [0.1, 0.15) is 6.23 Å². The summed E-state index contributed by atoms with van der Waals surface area (Å²) in [7, 11) is 0. The van der Waals surface area contributed by atoms with Crippen LogP contribution in [0.4, 0.5) is 5.69 Å². The second kappa shape index (κ2) is 9.22. The second-order valence-corrected chi connectivity index (χ2v) is 9.64. The molecule has 3 aliphatic rings. The predicted octanol–water partition coefficient (Wildman–Crippen LogP) is 4.40. The number of benzene rings is 1. The lowest BCUT2D eigenvalue weighted by molar-refractivity contribution is -0.136. The van der Waals surface area contributed by atoms with Crippen LogP contribution in [0.2, 0.25) is 0 Å². The van der Waals surface area contributed by atoms with Crippen molar-refractivity contribution in [2.75, 3.05) is 24.6 Å². The summed E-state index contributed by atoms with van der Waals surface area (Å²) in [5, 5.41) is 4.54. The Labute approximate surface area is 200 Å². The number of piperidine rings is 1. The Balaban J connectivity index is 1.05. The maximum atomic E-state index is 13.1. The number of fused-ring (bicyclic) bond motifs is 1. The van der Waals surface area contributed by atoms with Crippen molar-refractivity contribution in [3.63, 3.8) is 0 Å². The fourth-order valence-electron chi connectivity index (χ4n) is 5.44. The van der Waals surface area contributed by atoms with Crippen molar-refractivity contribution in [1.82, 2.24) is 19.7 Å². The third-order valence-electron chi connectivity index (χ3n) is 7.46. The molecular formula is C27H31N5O2. The molecule has 0 spiro atoms. The summed E-state index contributed by atoms with van der Waals surface area (Å²) in [5.74, 6) is 0.393. The first-order chi connectivity index (χ1) is 16.7. The molecule has 2 aromatic heterocycles. The zero-order chi connectivity index (χ0) is 22.9. The first-order valence-electron chi connectivity index (χ1n) is 12.5. The zero-order valence-corrected chi connectivity index (χ0v) is 19.5. The normalized spacial score (nSPS) is 21.0. The highest BCUT2D eigenvalue weighted by atomic mass is 16.5. The summed E-state index contributed by atoms with van der Waals surface area (Å²) < 4.78 is 7.81. The third-order valence-corrected chi connectivity index (χ3v) is 7.46. The van der Waals surface area contributed by atoms with E-state index in [1.54, 1.807) is 0 Å². The standard InChI is InChI=1S/C27H31N5O2/c33-27(31-17-22-4-3-12-28-25(22)19-31)21-10-13-30(14-11-21)24-8-6-20(7-9-24)23-16-29-32(18-23)26-5-1-2-15-34-26/h3-4,6-9,12,16,18,21,26H,1-2,5,10-11,13-15,17,19H2. The lowest BCUT2D eigenvalue weighted by Crippen LogP contribution is -2.41. The molecule has 0 radical (unpaired) electrons. The van der Waals surface area contributed by atoms with E-state index >= 15 is 0 Å². The molecule has 34 heavy (non-hydrogen) atoms. The molecule has 3 aromatic rings. The molecule has 7 heteroatoms. The van der Waals surface area contributed by atoms with Crippen LogP contribution in [-0.4, -0.2) is 45.3 Å². The van der Waals surface area contributed by atoms with Crippen molar-refractivity contribution in [3.05, 3.63) is 66.2 Å². The minimum Gasteiger partial charge on any atom is -0.371 e. The quantitative estimate of drug-likeness (QED) is 0.581. The van der Waals surface area contributed by atoms with Gasteiger partial charge < -0.3 is 14.5 Å². The predicted molar refractivity (Wildman–Crippen MR) is 130 cm³/mol. The average Bonchev–Trinajstić information content (AvgIpc) is 3.57. The van der Waals surface area contributed by atoms with E-state index in [1.165, 1.54) is 17.7 Å². The number of hydrogen-bond acceptors (Lipinski definition) is 5. The number of carbonyl (C=O) groups excluding carboxylic acids is 1. The number of carbonyl (C=O) groups is 1. The van der Waals surface area contributed by atoms with Gasteiger partial charge >= 0.3 is 0 Å². The zero-order valence-electron chi connectivity index (χ0n) is 19.5. The average molecular weight is 458 g/mol. The van der Waals surface area contributed by atoms with E-state index < -0.39 is 0 Å². The van der Waals surface area contributed by atoms with E-state index in [-0.39, 0.29) is 18.1 Å². The highest BCUT2D eigenvalue weighted by Gasteiger charge is 2.32. The van der Waals surface area contributed by atoms with Gasteiger partial charge in [-0.3, -0.25) is 9.78 Å². The van der Waals surface area contributed by atoms with Crippen LogP contribution in [0.5, 0.6) is 0 Å². The summed E-state index contributed by atoms with van der Waals surface area (Å²) in [4.78, 5) is 21.9. The molecule has 0 aliphatic carbocycles. The molecule has 3 aliphatic heterocycles. The van der Waals surface area contributed by atoms with Crippen molar-refractivity contribution < 1.29 is 9.53 Å². The molecule has 0 N–H and O–H groups in total. The molecule has 2 saturated heterocycles. The highest BCUT2D eigenvalue weighted by Crippen LogP contribution is 2.30. The molecule has 1 atom stereocenters. The summed E-state index contributed by atoms with van der Waals surface area (Å²) in [5.41, 5.74) is 5.73. The fraction of sp³-hybridized carbons (Fsp3) is 0.444. The highest BCUT2D eigenvalue weighted by molar-refractivity contribution is 5.80. The molecule has 2 fully saturated rings. The molecule has 1 unspecified atom stereocenters. The first-order valence-corrected chi connectivity index (χ1v) is 12.5. The largest absolute Gasteiger partial charge is 0.371 e. The monoisotopic (exact) mass is 457 g/mol. The van der Waals surface area contributed by atoms with E-state index in [4.69, 9.17) is 4.74 Å². The number of anilines is 1. The van der Waals surface area contributed by atoms with Gasteiger partial charge in [0.2, 0.25) is 5.91 Å². The van der Waals surface area contributed by atoms with E-state index in [2.05, 4.69) is 51.5 Å². The van der Waals surface area contributed by atoms with Crippen molar-refractivity contribution in [1.29, 1.82) is 0 Å². The Hall–Kier alpha value is -3.19. The van der Waals surface area contributed by atoms with Crippen LogP contribution in [-0.2, 0) is 22.6 Å². The Morgan fingerprint density at radius 3 is 2.59 bits per heavy atom. The minimum absolute atomic E-state index is 0.0665. The van der Waals surface area contributed by atoms with Crippen molar-refractivity contribution in [2.45, 2.75) is 51.4 Å². The second-order valence-electron chi connectivity index (χ2n) is 9.64. The number of hydrogen-bond donors (Lipinski definition) is 0. The van der Waals surface area contributed by atoms with E-state index in [1.807, 2.05) is 28.0 Å². The first kappa shape index (κ1) is 21.4. The smallest absolute Gasteiger partial charge is 0.226 e. The Bertz CT molecular complexity index is 1120. The number of pyridine rings is 1.